The van der Waals surface area contributed by atoms with Crippen LogP contribution >= 0.6 is 0 Å². The highest BCUT2D eigenvalue weighted by molar-refractivity contribution is 5.93. The van der Waals surface area contributed by atoms with Gasteiger partial charge in [0.2, 0.25) is 0 Å². The lowest BCUT2D eigenvalue weighted by Crippen LogP contribution is -2.01. The van der Waals surface area contributed by atoms with Gasteiger partial charge in [-0.05, 0) is 29.8 Å². The van der Waals surface area contributed by atoms with Crippen LogP contribution in [0.1, 0.15) is 11.1 Å². The van der Waals surface area contributed by atoms with Gasteiger partial charge in [-0.25, -0.2) is 0 Å². The lowest BCUT2D eigenvalue weighted by atomic mass is 10.1. The summed E-state index contributed by atoms with van der Waals surface area (Å²) in [5.74, 6) is 1.35. The van der Waals surface area contributed by atoms with Gasteiger partial charge in [-0.15, -0.1) is 0 Å². The van der Waals surface area contributed by atoms with E-state index in [1.807, 2.05) is 41.1 Å². The van der Waals surface area contributed by atoms with E-state index in [0.717, 1.165) is 22.2 Å². The Balaban J connectivity index is 1.90. The van der Waals surface area contributed by atoms with E-state index in [2.05, 4.69) is 12.1 Å². The monoisotopic (exact) mass is 334 g/mol. The van der Waals surface area contributed by atoms with Crippen molar-refractivity contribution in [1.29, 1.82) is 0 Å². The standard InChI is InChI=1S/C20H18N2O3/c1-24-16-7-8-18-17(11-16)19(20-15(13-23)9-10-25-20)21-22(18)12-14-5-3-2-4-6-14/h2-11,23H,12-13H2,1H3. The van der Waals surface area contributed by atoms with Gasteiger partial charge in [0.15, 0.2) is 5.76 Å². The normalized spacial score (nSPS) is 11.1. The second-order valence-corrected chi connectivity index (χ2v) is 5.81. The second-order valence-electron chi connectivity index (χ2n) is 5.81. The number of furan rings is 1. The quantitative estimate of drug-likeness (QED) is 0.602. The lowest BCUT2D eigenvalue weighted by molar-refractivity contribution is 0.281. The highest BCUT2D eigenvalue weighted by atomic mass is 16.5. The Morgan fingerprint density at radius 2 is 1.96 bits per heavy atom. The summed E-state index contributed by atoms with van der Waals surface area (Å²) < 4.78 is 12.9. The van der Waals surface area contributed by atoms with Crippen LogP contribution in [0.3, 0.4) is 0 Å². The highest BCUT2D eigenvalue weighted by Gasteiger charge is 2.18. The van der Waals surface area contributed by atoms with E-state index in [9.17, 15) is 5.11 Å². The van der Waals surface area contributed by atoms with E-state index in [4.69, 9.17) is 14.3 Å². The summed E-state index contributed by atoms with van der Waals surface area (Å²) in [6.45, 7) is 0.557. The molecule has 4 aromatic rings. The van der Waals surface area contributed by atoms with Gasteiger partial charge in [-0.1, -0.05) is 30.3 Å². The molecule has 0 spiro atoms. The van der Waals surface area contributed by atoms with E-state index in [0.29, 0.717) is 23.6 Å². The minimum atomic E-state index is -0.0944. The molecular weight excluding hydrogens is 316 g/mol. The van der Waals surface area contributed by atoms with Crippen molar-refractivity contribution >= 4 is 10.9 Å². The number of rotatable bonds is 5. The van der Waals surface area contributed by atoms with Gasteiger partial charge in [0.1, 0.15) is 11.4 Å². The summed E-state index contributed by atoms with van der Waals surface area (Å²) in [5.41, 5.74) is 3.57. The zero-order valence-electron chi connectivity index (χ0n) is 13.8. The molecule has 5 nitrogen and oxygen atoms in total. The van der Waals surface area contributed by atoms with Crippen LogP contribution in [0.2, 0.25) is 0 Å². The topological polar surface area (TPSA) is 60.4 Å². The van der Waals surface area contributed by atoms with Crippen molar-refractivity contribution in [1.82, 2.24) is 9.78 Å². The molecule has 5 heteroatoms. The molecule has 126 valence electrons. The van der Waals surface area contributed by atoms with Crippen LogP contribution in [0.5, 0.6) is 5.75 Å². The number of nitrogens with zero attached hydrogens (tertiary/aromatic N) is 2. The maximum absolute atomic E-state index is 9.56. The molecule has 0 aliphatic carbocycles. The van der Waals surface area contributed by atoms with E-state index in [1.54, 1.807) is 19.4 Å². The third-order valence-electron chi connectivity index (χ3n) is 4.26. The van der Waals surface area contributed by atoms with E-state index in [1.165, 1.54) is 0 Å². The van der Waals surface area contributed by atoms with Crippen molar-refractivity contribution < 1.29 is 14.3 Å². The van der Waals surface area contributed by atoms with Crippen LogP contribution in [0.15, 0.2) is 65.3 Å². The lowest BCUT2D eigenvalue weighted by Gasteiger charge is -2.04. The second kappa shape index (κ2) is 6.45. The Hall–Kier alpha value is -3.05. The van der Waals surface area contributed by atoms with Gasteiger partial charge in [-0.3, -0.25) is 4.68 Å². The number of methoxy groups -OCH3 is 1. The molecule has 0 fully saturated rings. The van der Waals surface area contributed by atoms with Gasteiger partial charge >= 0.3 is 0 Å². The van der Waals surface area contributed by atoms with E-state index >= 15 is 0 Å². The third kappa shape index (κ3) is 2.79. The van der Waals surface area contributed by atoms with Crippen molar-refractivity contribution in [3.05, 3.63) is 72.0 Å². The maximum Gasteiger partial charge on any atom is 0.160 e. The smallest absolute Gasteiger partial charge is 0.160 e. The Morgan fingerprint density at radius 3 is 2.72 bits per heavy atom. The Morgan fingerprint density at radius 1 is 1.12 bits per heavy atom. The zero-order chi connectivity index (χ0) is 17.2. The summed E-state index contributed by atoms with van der Waals surface area (Å²) in [6.07, 6.45) is 1.57. The molecule has 0 unspecified atom stereocenters. The predicted molar refractivity (Wildman–Crippen MR) is 95.5 cm³/mol. The van der Waals surface area contributed by atoms with Crippen molar-refractivity contribution in [3.8, 4) is 17.2 Å². The summed E-state index contributed by atoms with van der Waals surface area (Å²) in [6, 6.07) is 17.8. The molecule has 0 saturated carbocycles. The van der Waals surface area contributed by atoms with Crippen LogP contribution in [0, 0.1) is 0 Å². The fraction of sp³-hybridized carbons (Fsp3) is 0.150. The molecule has 4 rings (SSSR count). The van der Waals surface area contributed by atoms with Gasteiger partial charge in [0.05, 0.1) is 32.0 Å². The van der Waals surface area contributed by atoms with Gasteiger partial charge < -0.3 is 14.3 Å². The molecule has 2 aromatic carbocycles. The Bertz CT molecular complexity index is 1000. The van der Waals surface area contributed by atoms with Crippen molar-refractivity contribution in [2.45, 2.75) is 13.2 Å². The fourth-order valence-electron chi connectivity index (χ4n) is 3.00. The van der Waals surface area contributed by atoms with Crippen molar-refractivity contribution in [3.63, 3.8) is 0 Å². The number of ether oxygens (including phenoxy) is 1. The molecule has 2 heterocycles. The molecule has 0 amide bonds. The number of benzene rings is 2. The fourth-order valence-corrected chi connectivity index (χ4v) is 3.00. The Kier molecular flexibility index (Phi) is 3.99. The number of fused-ring (bicyclic) bond motifs is 1. The third-order valence-corrected chi connectivity index (χ3v) is 4.26. The van der Waals surface area contributed by atoms with Crippen LogP contribution in [-0.4, -0.2) is 22.0 Å². The van der Waals surface area contributed by atoms with Gasteiger partial charge in [-0.2, -0.15) is 5.10 Å². The molecule has 0 atom stereocenters. The number of aliphatic hydroxyl groups excluding tert-OH is 1. The van der Waals surface area contributed by atoms with Crippen molar-refractivity contribution in [2.24, 2.45) is 0 Å². The minimum absolute atomic E-state index is 0.0944. The van der Waals surface area contributed by atoms with Crippen LogP contribution < -0.4 is 4.74 Å². The molecule has 0 aliphatic rings. The first-order valence-electron chi connectivity index (χ1n) is 8.06. The molecule has 0 aliphatic heterocycles. The summed E-state index contributed by atoms with van der Waals surface area (Å²) >= 11 is 0. The molecule has 25 heavy (non-hydrogen) atoms. The highest BCUT2D eigenvalue weighted by Crippen LogP contribution is 2.33. The van der Waals surface area contributed by atoms with Crippen LogP contribution in [-0.2, 0) is 13.2 Å². The first-order chi connectivity index (χ1) is 12.3. The summed E-state index contributed by atoms with van der Waals surface area (Å²) in [4.78, 5) is 0. The SMILES string of the molecule is COc1ccc2c(c1)c(-c1occc1CO)nn2Cc1ccccc1. The summed E-state index contributed by atoms with van der Waals surface area (Å²) in [7, 11) is 1.64. The zero-order valence-corrected chi connectivity index (χ0v) is 13.8. The predicted octanol–water partition coefficient (Wildman–Crippen LogP) is 3.85. The first-order valence-corrected chi connectivity index (χ1v) is 8.06. The van der Waals surface area contributed by atoms with Gasteiger partial charge in [0, 0.05) is 10.9 Å². The van der Waals surface area contributed by atoms with Gasteiger partial charge in [0.25, 0.3) is 0 Å². The molecule has 0 saturated heterocycles. The van der Waals surface area contributed by atoms with Crippen LogP contribution in [0.4, 0.5) is 0 Å². The minimum Gasteiger partial charge on any atom is -0.497 e. The largest absolute Gasteiger partial charge is 0.497 e. The van der Waals surface area contributed by atoms with E-state index < -0.39 is 0 Å². The molecule has 1 N–H and O–H groups in total. The van der Waals surface area contributed by atoms with E-state index in [-0.39, 0.29) is 6.61 Å². The average molecular weight is 334 g/mol. The maximum atomic E-state index is 9.56. The Labute approximate surface area is 145 Å². The molecular formula is C20H18N2O3. The number of hydrogen-bond acceptors (Lipinski definition) is 4. The molecule has 2 aromatic heterocycles. The van der Waals surface area contributed by atoms with Crippen molar-refractivity contribution in [2.75, 3.05) is 7.11 Å². The first kappa shape index (κ1) is 15.5. The average Bonchev–Trinajstić information content (AvgIpc) is 3.26. The number of aliphatic hydroxyl groups is 1. The number of aromatic nitrogens is 2. The van der Waals surface area contributed by atoms with Crippen LogP contribution in [0.25, 0.3) is 22.4 Å². The number of hydrogen-bond donors (Lipinski definition) is 1. The summed E-state index contributed by atoms with van der Waals surface area (Å²) in [5, 5.41) is 15.3. The molecule has 0 bridgehead atoms. The molecule has 0 radical (unpaired) electrons.